The zero-order valence-corrected chi connectivity index (χ0v) is 9.94. The summed E-state index contributed by atoms with van der Waals surface area (Å²) >= 11 is 0. The van der Waals surface area contributed by atoms with Crippen molar-refractivity contribution in [3.05, 3.63) is 0 Å². The molecule has 0 aromatic rings. The Kier molecular flexibility index (Phi) is 9.70. The van der Waals surface area contributed by atoms with Gasteiger partial charge in [0, 0.05) is 7.11 Å². The molecular weight excluding hydrogens is 212 g/mol. The van der Waals surface area contributed by atoms with Crippen LogP contribution in [0.5, 0.6) is 0 Å². The average Bonchev–Trinajstić information content (AvgIpc) is 2.28. The minimum atomic E-state index is -0.777. The van der Waals surface area contributed by atoms with Crippen molar-refractivity contribution in [2.45, 2.75) is 38.7 Å². The number of esters is 1. The number of unbranched alkanes of at least 4 members (excludes halogenated alkanes) is 2. The first-order chi connectivity index (χ1) is 7.76. The number of hydrogen-bond donors (Lipinski definition) is 0. The van der Waals surface area contributed by atoms with Crippen LogP contribution in [-0.2, 0) is 23.8 Å². The Morgan fingerprint density at radius 3 is 2.62 bits per heavy atom. The summed E-state index contributed by atoms with van der Waals surface area (Å²) < 4.78 is 14.3. The molecule has 16 heavy (non-hydrogen) atoms. The van der Waals surface area contributed by atoms with Crippen LogP contribution in [-0.4, -0.2) is 38.9 Å². The lowest BCUT2D eigenvalue weighted by Gasteiger charge is -2.13. The molecule has 0 aromatic heterocycles. The van der Waals surface area contributed by atoms with Crippen LogP contribution in [0.15, 0.2) is 0 Å². The van der Waals surface area contributed by atoms with Gasteiger partial charge >= 0.3 is 5.97 Å². The number of hydrogen-bond acceptors (Lipinski definition) is 5. The molecule has 5 nitrogen and oxygen atoms in total. The fourth-order valence-electron chi connectivity index (χ4n) is 1.21. The number of rotatable bonds is 10. The van der Waals surface area contributed by atoms with E-state index in [1.807, 2.05) is 0 Å². The summed E-state index contributed by atoms with van der Waals surface area (Å²) in [7, 11) is 1.52. The van der Waals surface area contributed by atoms with Gasteiger partial charge in [0.2, 0.25) is 0 Å². The number of ether oxygens (including phenoxy) is 3. The quantitative estimate of drug-likeness (QED) is 0.323. The highest BCUT2D eigenvalue weighted by molar-refractivity contribution is 5.75. The summed E-state index contributed by atoms with van der Waals surface area (Å²) in [5.41, 5.74) is 0. The van der Waals surface area contributed by atoms with Gasteiger partial charge < -0.3 is 14.2 Å². The fourth-order valence-corrected chi connectivity index (χ4v) is 1.21. The standard InChI is InChI=1S/C11H20O5/c1-3-4-5-6-10(16-9-12)11(13)15-8-7-14-2/h9-10H,3-8H2,1-2H3. The molecule has 0 saturated carbocycles. The Hall–Kier alpha value is -1.10. The van der Waals surface area contributed by atoms with Crippen molar-refractivity contribution in [3.63, 3.8) is 0 Å². The molecule has 0 bridgehead atoms. The number of carbonyl (C=O) groups is 2. The summed E-state index contributed by atoms with van der Waals surface area (Å²) in [4.78, 5) is 21.7. The van der Waals surface area contributed by atoms with Gasteiger partial charge in [-0.3, -0.25) is 4.79 Å². The third-order valence-electron chi connectivity index (χ3n) is 2.08. The first-order valence-corrected chi connectivity index (χ1v) is 5.50. The van der Waals surface area contributed by atoms with Gasteiger partial charge in [0.15, 0.2) is 6.10 Å². The maximum Gasteiger partial charge on any atom is 0.347 e. The van der Waals surface area contributed by atoms with Crippen LogP contribution in [0, 0.1) is 0 Å². The van der Waals surface area contributed by atoms with Crippen molar-refractivity contribution < 1.29 is 23.8 Å². The fraction of sp³-hybridized carbons (Fsp3) is 0.818. The van der Waals surface area contributed by atoms with Gasteiger partial charge in [0.05, 0.1) is 6.61 Å². The third kappa shape index (κ3) is 7.23. The predicted molar refractivity (Wildman–Crippen MR) is 57.9 cm³/mol. The van der Waals surface area contributed by atoms with E-state index in [0.717, 1.165) is 19.3 Å². The van der Waals surface area contributed by atoms with E-state index in [-0.39, 0.29) is 13.1 Å². The number of carbonyl (C=O) groups excluding carboxylic acids is 2. The second-order valence-electron chi connectivity index (χ2n) is 3.38. The van der Waals surface area contributed by atoms with Gasteiger partial charge in [-0.15, -0.1) is 0 Å². The Balaban J connectivity index is 3.87. The van der Waals surface area contributed by atoms with Gasteiger partial charge in [0.25, 0.3) is 6.47 Å². The summed E-state index contributed by atoms with van der Waals surface area (Å²) in [6.45, 7) is 2.87. The average molecular weight is 232 g/mol. The summed E-state index contributed by atoms with van der Waals surface area (Å²) in [6.07, 6.45) is 2.63. The molecule has 0 fully saturated rings. The summed E-state index contributed by atoms with van der Waals surface area (Å²) in [5.74, 6) is -0.500. The highest BCUT2D eigenvalue weighted by atomic mass is 16.6. The first-order valence-electron chi connectivity index (χ1n) is 5.50. The molecule has 94 valence electrons. The topological polar surface area (TPSA) is 61.8 Å². The molecular formula is C11H20O5. The zero-order chi connectivity index (χ0) is 12.2. The second-order valence-corrected chi connectivity index (χ2v) is 3.38. The lowest BCUT2D eigenvalue weighted by Crippen LogP contribution is -2.27. The molecule has 0 amide bonds. The second kappa shape index (κ2) is 10.4. The van der Waals surface area contributed by atoms with E-state index in [2.05, 4.69) is 11.7 Å². The lowest BCUT2D eigenvalue weighted by molar-refractivity contribution is -0.163. The lowest BCUT2D eigenvalue weighted by atomic mass is 10.1. The van der Waals surface area contributed by atoms with E-state index in [9.17, 15) is 9.59 Å². The molecule has 0 radical (unpaired) electrons. The molecule has 0 heterocycles. The van der Waals surface area contributed by atoms with Crippen molar-refractivity contribution >= 4 is 12.4 Å². The summed E-state index contributed by atoms with van der Waals surface area (Å²) in [5, 5.41) is 0. The van der Waals surface area contributed by atoms with Gasteiger partial charge in [-0.2, -0.15) is 0 Å². The van der Waals surface area contributed by atoms with E-state index in [1.165, 1.54) is 7.11 Å². The maximum atomic E-state index is 11.4. The molecule has 0 spiro atoms. The van der Waals surface area contributed by atoms with Crippen LogP contribution in [0.3, 0.4) is 0 Å². The highest BCUT2D eigenvalue weighted by Crippen LogP contribution is 2.07. The highest BCUT2D eigenvalue weighted by Gasteiger charge is 2.20. The molecule has 0 aliphatic heterocycles. The minimum absolute atomic E-state index is 0.182. The van der Waals surface area contributed by atoms with Crippen LogP contribution >= 0.6 is 0 Å². The molecule has 1 unspecified atom stereocenters. The van der Waals surface area contributed by atoms with Crippen LogP contribution in [0.25, 0.3) is 0 Å². The normalized spacial score (nSPS) is 11.9. The van der Waals surface area contributed by atoms with Crippen molar-refractivity contribution in [1.29, 1.82) is 0 Å². The van der Waals surface area contributed by atoms with Crippen molar-refractivity contribution in [1.82, 2.24) is 0 Å². The molecule has 0 aliphatic rings. The van der Waals surface area contributed by atoms with Gasteiger partial charge in [-0.05, 0) is 12.8 Å². The van der Waals surface area contributed by atoms with E-state index in [4.69, 9.17) is 9.47 Å². The molecule has 1 atom stereocenters. The Bertz CT molecular complexity index is 193. The van der Waals surface area contributed by atoms with E-state index < -0.39 is 12.1 Å². The SMILES string of the molecule is CCCCCC(OC=O)C(=O)OCCOC. The van der Waals surface area contributed by atoms with Gasteiger partial charge in [0.1, 0.15) is 6.61 Å². The summed E-state index contributed by atoms with van der Waals surface area (Å²) in [6, 6.07) is 0. The maximum absolute atomic E-state index is 11.4. The van der Waals surface area contributed by atoms with Crippen LogP contribution < -0.4 is 0 Å². The first kappa shape index (κ1) is 14.9. The van der Waals surface area contributed by atoms with Gasteiger partial charge in [-0.1, -0.05) is 19.8 Å². The van der Waals surface area contributed by atoms with Gasteiger partial charge in [-0.25, -0.2) is 4.79 Å². The predicted octanol–water partition coefficient (Wildman–Crippen LogP) is 1.30. The van der Waals surface area contributed by atoms with Crippen LogP contribution in [0.2, 0.25) is 0 Å². The zero-order valence-electron chi connectivity index (χ0n) is 9.94. The van der Waals surface area contributed by atoms with Crippen molar-refractivity contribution in [2.24, 2.45) is 0 Å². The van der Waals surface area contributed by atoms with E-state index >= 15 is 0 Å². The van der Waals surface area contributed by atoms with Crippen molar-refractivity contribution in [2.75, 3.05) is 20.3 Å². The minimum Gasteiger partial charge on any atom is -0.460 e. The Labute approximate surface area is 96.1 Å². The molecule has 5 heteroatoms. The molecule has 0 rings (SSSR count). The molecule has 0 N–H and O–H groups in total. The molecule has 0 aliphatic carbocycles. The Morgan fingerprint density at radius 2 is 2.06 bits per heavy atom. The van der Waals surface area contributed by atoms with E-state index in [1.54, 1.807) is 0 Å². The Morgan fingerprint density at radius 1 is 1.31 bits per heavy atom. The molecule has 0 saturated heterocycles. The van der Waals surface area contributed by atoms with Crippen LogP contribution in [0.4, 0.5) is 0 Å². The third-order valence-corrected chi connectivity index (χ3v) is 2.08. The number of methoxy groups -OCH3 is 1. The van der Waals surface area contributed by atoms with Crippen molar-refractivity contribution in [3.8, 4) is 0 Å². The molecule has 0 aromatic carbocycles. The smallest absolute Gasteiger partial charge is 0.347 e. The largest absolute Gasteiger partial charge is 0.460 e. The monoisotopic (exact) mass is 232 g/mol. The van der Waals surface area contributed by atoms with Crippen LogP contribution in [0.1, 0.15) is 32.6 Å². The van der Waals surface area contributed by atoms with E-state index in [0.29, 0.717) is 13.0 Å².